The van der Waals surface area contributed by atoms with Crippen LogP contribution in [0.2, 0.25) is 0 Å². The van der Waals surface area contributed by atoms with Gasteiger partial charge in [-0.3, -0.25) is 4.79 Å². The van der Waals surface area contributed by atoms with Crippen LogP contribution >= 0.6 is 15.9 Å². The first-order valence-corrected chi connectivity index (χ1v) is 6.32. The summed E-state index contributed by atoms with van der Waals surface area (Å²) in [5.74, 6) is -0.615. The van der Waals surface area contributed by atoms with Crippen LogP contribution in [-0.2, 0) is 4.79 Å². The van der Waals surface area contributed by atoms with Crippen molar-refractivity contribution in [3.8, 4) is 6.07 Å². The fourth-order valence-corrected chi connectivity index (χ4v) is 2.31. The number of nitriles is 1. The van der Waals surface area contributed by atoms with Gasteiger partial charge in [-0.1, -0.05) is 0 Å². The normalized spacial score (nSPS) is 15.8. The molecule has 1 aromatic carbocycles. The Balaban J connectivity index is 2.36. The molecule has 1 saturated heterocycles. The van der Waals surface area contributed by atoms with E-state index in [0.717, 1.165) is 6.42 Å². The lowest BCUT2D eigenvalue weighted by Gasteiger charge is -2.22. The number of nitrogens with one attached hydrogen (secondary N) is 1. The fraction of sp³-hybridized carbons (Fsp3) is 0.333. The average molecular weight is 312 g/mol. The van der Waals surface area contributed by atoms with Gasteiger partial charge in [0.05, 0.1) is 22.3 Å². The van der Waals surface area contributed by atoms with E-state index >= 15 is 0 Å². The van der Waals surface area contributed by atoms with Crippen LogP contribution in [0.15, 0.2) is 16.6 Å². The Morgan fingerprint density at radius 2 is 2.28 bits per heavy atom. The summed E-state index contributed by atoms with van der Waals surface area (Å²) in [6.45, 7) is 1.34. The Morgan fingerprint density at radius 1 is 1.50 bits per heavy atom. The van der Waals surface area contributed by atoms with E-state index in [0.29, 0.717) is 18.8 Å². The second-order valence-electron chi connectivity index (χ2n) is 4.00. The van der Waals surface area contributed by atoms with E-state index in [9.17, 15) is 9.18 Å². The molecule has 0 aliphatic carbocycles. The fourth-order valence-electron chi connectivity index (χ4n) is 1.88. The molecular weight excluding hydrogens is 301 g/mol. The molecule has 94 valence electrons. The number of anilines is 1. The van der Waals surface area contributed by atoms with Crippen LogP contribution in [0.25, 0.3) is 0 Å². The van der Waals surface area contributed by atoms with Crippen LogP contribution in [0.5, 0.6) is 0 Å². The number of hydrogen-bond acceptors (Lipinski definition) is 3. The molecule has 1 aliphatic rings. The van der Waals surface area contributed by atoms with Crippen LogP contribution < -0.4 is 10.2 Å². The minimum atomic E-state index is -0.497. The Bertz CT molecular complexity index is 527. The summed E-state index contributed by atoms with van der Waals surface area (Å²) >= 11 is 3.07. The molecule has 0 saturated carbocycles. The van der Waals surface area contributed by atoms with E-state index in [1.165, 1.54) is 6.07 Å². The molecule has 1 amide bonds. The van der Waals surface area contributed by atoms with Crippen molar-refractivity contribution >= 4 is 27.5 Å². The van der Waals surface area contributed by atoms with Crippen molar-refractivity contribution in [2.45, 2.75) is 6.42 Å². The lowest BCUT2D eigenvalue weighted by Crippen LogP contribution is -2.33. The minimum Gasteiger partial charge on any atom is -0.360 e. The topological polar surface area (TPSA) is 56.1 Å². The number of amides is 1. The molecule has 1 aliphatic heterocycles. The highest BCUT2D eigenvalue weighted by Gasteiger charge is 2.20. The molecule has 2 rings (SSSR count). The van der Waals surface area contributed by atoms with E-state index in [1.54, 1.807) is 11.0 Å². The van der Waals surface area contributed by atoms with Gasteiger partial charge in [0.1, 0.15) is 6.07 Å². The molecule has 1 N–H and O–H groups in total. The predicted molar refractivity (Wildman–Crippen MR) is 68.7 cm³/mol. The zero-order chi connectivity index (χ0) is 13.1. The Hall–Kier alpha value is -1.61. The van der Waals surface area contributed by atoms with Gasteiger partial charge in [0, 0.05) is 13.1 Å². The van der Waals surface area contributed by atoms with Crippen molar-refractivity contribution in [1.82, 2.24) is 5.32 Å². The second kappa shape index (κ2) is 5.36. The smallest absolute Gasteiger partial charge is 0.239 e. The molecule has 0 radical (unpaired) electrons. The highest BCUT2D eigenvalue weighted by molar-refractivity contribution is 9.10. The van der Waals surface area contributed by atoms with Gasteiger partial charge in [0.15, 0.2) is 5.82 Å². The third-order valence-corrected chi connectivity index (χ3v) is 3.56. The van der Waals surface area contributed by atoms with Crippen LogP contribution in [0, 0.1) is 17.1 Å². The molecule has 1 aromatic rings. The van der Waals surface area contributed by atoms with Crippen LogP contribution in [0.3, 0.4) is 0 Å². The van der Waals surface area contributed by atoms with Crippen molar-refractivity contribution in [3.05, 3.63) is 28.0 Å². The highest BCUT2D eigenvalue weighted by atomic mass is 79.9. The van der Waals surface area contributed by atoms with Crippen molar-refractivity contribution in [2.75, 3.05) is 24.5 Å². The Labute approximate surface area is 113 Å². The molecule has 1 heterocycles. The highest BCUT2D eigenvalue weighted by Crippen LogP contribution is 2.29. The van der Waals surface area contributed by atoms with E-state index in [2.05, 4.69) is 21.2 Å². The number of carbonyl (C=O) groups is 1. The maximum atomic E-state index is 14.1. The summed E-state index contributed by atoms with van der Waals surface area (Å²) in [4.78, 5) is 13.1. The monoisotopic (exact) mass is 311 g/mol. The molecule has 0 atom stereocenters. The van der Waals surface area contributed by atoms with Crippen molar-refractivity contribution in [1.29, 1.82) is 5.26 Å². The van der Waals surface area contributed by atoms with Gasteiger partial charge < -0.3 is 10.2 Å². The summed E-state index contributed by atoms with van der Waals surface area (Å²) in [6, 6.07) is 4.99. The molecule has 0 bridgehead atoms. The summed E-state index contributed by atoms with van der Waals surface area (Å²) in [7, 11) is 0. The molecule has 0 unspecified atom stereocenters. The minimum absolute atomic E-state index is 0.118. The van der Waals surface area contributed by atoms with Crippen molar-refractivity contribution in [2.24, 2.45) is 0 Å². The van der Waals surface area contributed by atoms with E-state index in [-0.39, 0.29) is 22.5 Å². The van der Waals surface area contributed by atoms with Gasteiger partial charge in [0.2, 0.25) is 5.91 Å². The van der Waals surface area contributed by atoms with Gasteiger partial charge in [0.25, 0.3) is 0 Å². The molecule has 4 nitrogen and oxygen atoms in total. The quantitative estimate of drug-likeness (QED) is 0.860. The number of rotatable bonds is 1. The van der Waals surface area contributed by atoms with E-state index in [1.807, 2.05) is 6.07 Å². The number of hydrogen-bond donors (Lipinski definition) is 1. The zero-order valence-corrected chi connectivity index (χ0v) is 11.1. The lowest BCUT2D eigenvalue weighted by molar-refractivity contribution is -0.119. The second-order valence-corrected chi connectivity index (χ2v) is 4.79. The summed E-state index contributed by atoms with van der Waals surface area (Å²) in [5, 5.41) is 11.5. The largest absolute Gasteiger partial charge is 0.360 e. The third kappa shape index (κ3) is 2.46. The molecule has 0 spiro atoms. The lowest BCUT2D eigenvalue weighted by atomic mass is 10.2. The van der Waals surface area contributed by atoms with Crippen LogP contribution in [0.4, 0.5) is 10.1 Å². The number of carbonyl (C=O) groups excluding carboxylic acids is 1. The third-order valence-electron chi connectivity index (χ3n) is 2.78. The van der Waals surface area contributed by atoms with Crippen molar-refractivity contribution < 1.29 is 9.18 Å². The van der Waals surface area contributed by atoms with Gasteiger partial charge in [-0.2, -0.15) is 5.26 Å². The van der Waals surface area contributed by atoms with Gasteiger partial charge >= 0.3 is 0 Å². The van der Waals surface area contributed by atoms with E-state index < -0.39 is 5.82 Å². The predicted octanol–water partition coefficient (Wildman–Crippen LogP) is 1.79. The first-order chi connectivity index (χ1) is 8.63. The first kappa shape index (κ1) is 12.8. The molecule has 1 fully saturated rings. The molecule has 6 heteroatoms. The van der Waals surface area contributed by atoms with Crippen LogP contribution in [-0.4, -0.2) is 25.5 Å². The van der Waals surface area contributed by atoms with Crippen molar-refractivity contribution in [3.63, 3.8) is 0 Å². The van der Waals surface area contributed by atoms with Gasteiger partial charge in [-0.05, 0) is 34.5 Å². The van der Waals surface area contributed by atoms with Gasteiger partial charge in [-0.15, -0.1) is 0 Å². The zero-order valence-electron chi connectivity index (χ0n) is 9.54. The maximum absolute atomic E-state index is 14.1. The Kier molecular flexibility index (Phi) is 3.82. The molecule has 18 heavy (non-hydrogen) atoms. The summed E-state index contributed by atoms with van der Waals surface area (Å²) < 4.78 is 14.3. The number of halogens is 2. The Morgan fingerprint density at radius 3 is 3.00 bits per heavy atom. The van der Waals surface area contributed by atoms with Gasteiger partial charge in [-0.25, -0.2) is 4.39 Å². The molecule has 0 aromatic heterocycles. The SMILES string of the molecule is N#Cc1ccc(N2CCCNC(=O)C2)c(F)c1Br. The first-order valence-electron chi connectivity index (χ1n) is 5.53. The van der Waals surface area contributed by atoms with E-state index in [4.69, 9.17) is 5.26 Å². The maximum Gasteiger partial charge on any atom is 0.239 e. The number of benzene rings is 1. The summed E-state index contributed by atoms with van der Waals surface area (Å²) in [5.41, 5.74) is 0.591. The summed E-state index contributed by atoms with van der Waals surface area (Å²) in [6.07, 6.45) is 0.767. The average Bonchev–Trinajstić information content (AvgIpc) is 2.57. The standard InChI is InChI=1S/C12H11BrFN3O/c13-11-8(6-15)2-3-9(12(11)14)17-5-1-4-16-10(18)7-17/h2-3H,1,4-5,7H2,(H,16,18). The number of nitrogens with zero attached hydrogens (tertiary/aromatic N) is 2. The molecular formula is C12H11BrFN3O. The van der Waals surface area contributed by atoms with Crippen LogP contribution in [0.1, 0.15) is 12.0 Å².